The van der Waals surface area contributed by atoms with Crippen LogP contribution in [-0.2, 0) is 14.3 Å². The van der Waals surface area contributed by atoms with Crippen LogP contribution >= 0.6 is 0 Å². The summed E-state index contributed by atoms with van der Waals surface area (Å²) in [6, 6.07) is 0. The van der Waals surface area contributed by atoms with Crippen molar-refractivity contribution < 1.29 is 14.3 Å². The van der Waals surface area contributed by atoms with Crippen molar-refractivity contribution in [2.75, 3.05) is 6.61 Å². The van der Waals surface area contributed by atoms with Crippen LogP contribution in [0.15, 0.2) is 0 Å². The summed E-state index contributed by atoms with van der Waals surface area (Å²) in [6.45, 7) is 7.10. The van der Waals surface area contributed by atoms with Gasteiger partial charge in [0.05, 0.1) is 6.61 Å². The zero-order valence-corrected chi connectivity index (χ0v) is 9.55. The summed E-state index contributed by atoms with van der Waals surface area (Å²) in [5.41, 5.74) is -0.994. The van der Waals surface area contributed by atoms with Crippen LogP contribution in [0, 0.1) is 5.41 Å². The molecule has 0 amide bonds. The standard InChI is InChI=1S/C11H20O3/c1-5-6-7-8-14-10(13)11(3,4)9(2)12/h5-8H2,1-4H3. The van der Waals surface area contributed by atoms with Crippen molar-refractivity contribution in [3.63, 3.8) is 0 Å². The first-order valence-electron chi connectivity index (χ1n) is 5.11. The third-order valence-corrected chi connectivity index (χ3v) is 2.37. The number of esters is 1. The Balaban J connectivity index is 3.90. The van der Waals surface area contributed by atoms with Gasteiger partial charge in [-0.15, -0.1) is 0 Å². The van der Waals surface area contributed by atoms with Gasteiger partial charge in [0.1, 0.15) is 11.2 Å². The Hall–Kier alpha value is -0.860. The Kier molecular flexibility index (Phi) is 5.43. The Morgan fingerprint density at radius 3 is 2.21 bits per heavy atom. The molecule has 0 radical (unpaired) electrons. The average molecular weight is 200 g/mol. The van der Waals surface area contributed by atoms with Crippen LogP contribution in [-0.4, -0.2) is 18.4 Å². The van der Waals surface area contributed by atoms with Crippen molar-refractivity contribution in [3.05, 3.63) is 0 Å². The second kappa shape index (κ2) is 5.78. The normalized spacial score (nSPS) is 11.1. The van der Waals surface area contributed by atoms with Gasteiger partial charge in [0.15, 0.2) is 0 Å². The first kappa shape index (κ1) is 13.1. The maximum atomic E-state index is 11.4. The van der Waals surface area contributed by atoms with Gasteiger partial charge in [0, 0.05) is 0 Å². The summed E-state index contributed by atoms with van der Waals surface area (Å²) < 4.78 is 5.01. The molecule has 0 bridgehead atoms. The smallest absolute Gasteiger partial charge is 0.319 e. The molecule has 0 unspecified atom stereocenters. The SMILES string of the molecule is CCCCCOC(=O)C(C)(C)C(C)=O. The Labute approximate surface area is 85.8 Å². The predicted molar refractivity (Wildman–Crippen MR) is 54.9 cm³/mol. The molecule has 3 nitrogen and oxygen atoms in total. The molecular formula is C11H20O3. The summed E-state index contributed by atoms with van der Waals surface area (Å²) in [7, 11) is 0. The van der Waals surface area contributed by atoms with Crippen LogP contribution in [0.4, 0.5) is 0 Å². The number of ether oxygens (including phenoxy) is 1. The number of Topliss-reactive ketones (excluding diaryl/α,β-unsaturated/α-hetero) is 1. The second-order valence-electron chi connectivity index (χ2n) is 4.02. The van der Waals surface area contributed by atoms with E-state index in [1.807, 2.05) is 0 Å². The lowest BCUT2D eigenvalue weighted by Gasteiger charge is -2.18. The van der Waals surface area contributed by atoms with E-state index in [0.29, 0.717) is 6.61 Å². The van der Waals surface area contributed by atoms with E-state index < -0.39 is 11.4 Å². The van der Waals surface area contributed by atoms with Gasteiger partial charge in [-0.1, -0.05) is 19.8 Å². The van der Waals surface area contributed by atoms with Crippen LogP contribution in [0.1, 0.15) is 47.0 Å². The quantitative estimate of drug-likeness (QED) is 0.375. The number of carbonyl (C=O) groups excluding carboxylic acids is 2. The van der Waals surface area contributed by atoms with Gasteiger partial charge in [-0.25, -0.2) is 0 Å². The fraction of sp³-hybridized carbons (Fsp3) is 0.818. The molecule has 0 atom stereocenters. The molecule has 0 rings (SSSR count). The van der Waals surface area contributed by atoms with Gasteiger partial charge in [-0.05, 0) is 27.2 Å². The van der Waals surface area contributed by atoms with E-state index >= 15 is 0 Å². The molecule has 0 heterocycles. The molecule has 3 heteroatoms. The molecule has 14 heavy (non-hydrogen) atoms. The van der Waals surface area contributed by atoms with Crippen LogP contribution in [0.5, 0.6) is 0 Å². The molecule has 0 aromatic carbocycles. The van der Waals surface area contributed by atoms with Crippen molar-refractivity contribution >= 4 is 11.8 Å². The van der Waals surface area contributed by atoms with E-state index in [-0.39, 0.29) is 5.78 Å². The lowest BCUT2D eigenvalue weighted by atomic mass is 9.89. The molecule has 0 fully saturated rings. The topological polar surface area (TPSA) is 43.4 Å². The molecule has 0 spiro atoms. The van der Waals surface area contributed by atoms with Gasteiger partial charge in [-0.2, -0.15) is 0 Å². The first-order valence-corrected chi connectivity index (χ1v) is 5.11. The number of hydrogen-bond donors (Lipinski definition) is 0. The van der Waals surface area contributed by atoms with Gasteiger partial charge in [-0.3, -0.25) is 9.59 Å². The Morgan fingerprint density at radius 1 is 1.21 bits per heavy atom. The Morgan fingerprint density at radius 2 is 1.79 bits per heavy atom. The third kappa shape index (κ3) is 3.90. The van der Waals surface area contributed by atoms with Crippen LogP contribution in [0.3, 0.4) is 0 Å². The molecule has 0 saturated carbocycles. The van der Waals surface area contributed by atoms with Crippen LogP contribution in [0.2, 0.25) is 0 Å². The fourth-order valence-electron chi connectivity index (χ4n) is 0.841. The predicted octanol–water partition coefficient (Wildman–Crippen LogP) is 2.33. The molecule has 0 saturated heterocycles. The van der Waals surface area contributed by atoms with E-state index in [2.05, 4.69) is 6.92 Å². The Bertz CT molecular complexity index is 207. The van der Waals surface area contributed by atoms with E-state index in [4.69, 9.17) is 4.74 Å². The van der Waals surface area contributed by atoms with Crippen molar-refractivity contribution in [2.45, 2.75) is 47.0 Å². The minimum atomic E-state index is -0.994. The number of rotatable bonds is 6. The van der Waals surface area contributed by atoms with Crippen molar-refractivity contribution in [3.8, 4) is 0 Å². The average Bonchev–Trinajstić information content (AvgIpc) is 2.11. The lowest BCUT2D eigenvalue weighted by Crippen LogP contribution is -2.33. The summed E-state index contributed by atoms with van der Waals surface area (Å²) in [5.74, 6) is -0.570. The van der Waals surface area contributed by atoms with E-state index in [0.717, 1.165) is 19.3 Å². The highest BCUT2D eigenvalue weighted by atomic mass is 16.5. The largest absolute Gasteiger partial charge is 0.465 e. The second-order valence-corrected chi connectivity index (χ2v) is 4.02. The minimum absolute atomic E-state index is 0.155. The maximum Gasteiger partial charge on any atom is 0.319 e. The number of carbonyl (C=O) groups is 2. The lowest BCUT2D eigenvalue weighted by molar-refractivity contribution is -0.157. The molecule has 0 aliphatic heterocycles. The molecular weight excluding hydrogens is 180 g/mol. The van der Waals surface area contributed by atoms with Gasteiger partial charge < -0.3 is 4.74 Å². The van der Waals surface area contributed by atoms with E-state index in [1.165, 1.54) is 6.92 Å². The summed E-state index contributed by atoms with van der Waals surface area (Å²) in [4.78, 5) is 22.5. The van der Waals surface area contributed by atoms with Gasteiger partial charge >= 0.3 is 5.97 Å². The highest BCUT2D eigenvalue weighted by Crippen LogP contribution is 2.18. The van der Waals surface area contributed by atoms with Crippen molar-refractivity contribution in [1.82, 2.24) is 0 Å². The van der Waals surface area contributed by atoms with Crippen molar-refractivity contribution in [1.29, 1.82) is 0 Å². The number of unbranched alkanes of at least 4 members (excludes halogenated alkanes) is 2. The number of ketones is 1. The van der Waals surface area contributed by atoms with Gasteiger partial charge in [0.25, 0.3) is 0 Å². The molecule has 0 aromatic rings. The monoisotopic (exact) mass is 200 g/mol. The molecule has 0 aliphatic carbocycles. The van der Waals surface area contributed by atoms with Crippen LogP contribution < -0.4 is 0 Å². The van der Waals surface area contributed by atoms with Gasteiger partial charge in [0.2, 0.25) is 0 Å². The fourth-order valence-corrected chi connectivity index (χ4v) is 0.841. The van der Waals surface area contributed by atoms with E-state index in [9.17, 15) is 9.59 Å². The highest BCUT2D eigenvalue weighted by molar-refractivity contribution is 6.01. The number of hydrogen-bond acceptors (Lipinski definition) is 3. The maximum absolute atomic E-state index is 11.4. The van der Waals surface area contributed by atoms with Crippen LogP contribution in [0.25, 0.3) is 0 Å². The summed E-state index contributed by atoms with van der Waals surface area (Å²) in [5, 5.41) is 0. The molecule has 0 N–H and O–H groups in total. The summed E-state index contributed by atoms with van der Waals surface area (Å²) in [6.07, 6.45) is 3.01. The highest BCUT2D eigenvalue weighted by Gasteiger charge is 2.34. The van der Waals surface area contributed by atoms with E-state index in [1.54, 1.807) is 13.8 Å². The molecule has 0 aromatic heterocycles. The molecule has 0 aliphatic rings. The minimum Gasteiger partial charge on any atom is -0.465 e. The van der Waals surface area contributed by atoms with Crippen molar-refractivity contribution in [2.24, 2.45) is 5.41 Å². The first-order chi connectivity index (χ1) is 6.42. The summed E-state index contributed by atoms with van der Waals surface area (Å²) >= 11 is 0. The zero-order valence-electron chi connectivity index (χ0n) is 9.55. The third-order valence-electron chi connectivity index (χ3n) is 2.37. The molecule has 82 valence electrons. The zero-order chi connectivity index (χ0) is 11.2.